The molecule has 5 nitrogen and oxygen atoms in total. The van der Waals surface area contributed by atoms with Gasteiger partial charge in [0.05, 0.1) is 17.6 Å². The average molecular weight is 350 g/mol. The number of hydrogen-bond donors (Lipinski definition) is 1. The molecule has 1 aliphatic rings. The van der Waals surface area contributed by atoms with E-state index in [1.165, 1.54) is 0 Å². The second kappa shape index (κ2) is 8.04. The molecule has 5 heteroatoms. The van der Waals surface area contributed by atoms with Gasteiger partial charge in [0.25, 0.3) is 0 Å². The fourth-order valence-corrected chi connectivity index (χ4v) is 3.15. The number of aromatic nitrogens is 2. The molecule has 0 radical (unpaired) electrons. The van der Waals surface area contributed by atoms with Crippen LogP contribution in [0.3, 0.4) is 0 Å². The molecule has 0 saturated carbocycles. The third-order valence-electron chi connectivity index (χ3n) is 4.55. The number of aliphatic imine (C=N–C) groups is 1. The van der Waals surface area contributed by atoms with Gasteiger partial charge >= 0.3 is 5.69 Å². The second-order valence-corrected chi connectivity index (χ2v) is 6.32. The summed E-state index contributed by atoms with van der Waals surface area (Å²) in [4.78, 5) is 17.3. The first kappa shape index (κ1) is 18.0. The van der Waals surface area contributed by atoms with Gasteiger partial charge in [-0.3, -0.25) is 14.1 Å². The maximum absolute atomic E-state index is 12.8. The fraction of sp³-hybridized carbons (Fsp3) is 0.333. The summed E-state index contributed by atoms with van der Waals surface area (Å²) in [5.74, 6) is 0.940. The van der Waals surface area contributed by atoms with Gasteiger partial charge in [-0.15, -0.1) is 0 Å². The molecule has 26 heavy (non-hydrogen) atoms. The smallest absolute Gasteiger partial charge is 0.333 e. The van der Waals surface area contributed by atoms with Gasteiger partial charge in [0.2, 0.25) is 0 Å². The Labute approximate surface area is 154 Å². The Morgan fingerprint density at radius 2 is 2.04 bits per heavy atom. The number of amidine groups is 1. The molecule has 0 spiro atoms. The van der Waals surface area contributed by atoms with Crippen LogP contribution in [0.1, 0.15) is 26.7 Å². The van der Waals surface area contributed by atoms with Crippen molar-refractivity contribution in [1.29, 1.82) is 0 Å². The maximum atomic E-state index is 12.8. The molecule has 2 aromatic rings. The van der Waals surface area contributed by atoms with E-state index in [9.17, 15) is 4.79 Å². The minimum Gasteiger partial charge on any atom is -0.368 e. The molecule has 1 aliphatic heterocycles. The van der Waals surface area contributed by atoms with Crippen molar-refractivity contribution in [1.82, 2.24) is 14.5 Å². The van der Waals surface area contributed by atoms with Crippen molar-refractivity contribution < 1.29 is 0 Å². The number of unbranched alkanes of at least 4 members (excludes halogenated alkanes) is 1. The zero-order valence-electron chi connectivity index (χ0n) is 15.7. The van der Waals surface area contributed by atoms with E-state index in [2.05, 4.69) is 29.4 Å². The van der Waals surface area contributed by atoms with E-state index in [-0.39, 0.29) is 5.69 Å². The number of benzene rings is 1. The number of nitrogens with zero attached hydrogens (tertiary/aromatic N) is 3. The van der Waals surface area contributed by atoms with Crippen molar-refractivity contribution in [3.63, 3.8) is 0 Å². The van der Waals surface area contributed by atoms with Crippen molar-refractivity contribution >= 4 is 22.6 Å². The van der Waals surface area contributed by atoms with Gasteiger partial charge in [-0.25, -0.2) is 4.79 Å². The summed E-state index contributed by atoms with van der Waals surface area (Å²) in [6.07, 6.45) is 10.3. The van der Waals surface area contributed by atoms with Gasteiger partial charge < -0.3 is 5.32 Å². The summed E-state index contributed by atoms with van der Waals surface area (Å²) in [5.41, 5.74) is 3.73. The number of fused-ring (bicyclic) bond motifs is 1. The van der Waals surface area contributed by atoms with Crippen LogP contribution < -0.4 is 11.0 Å². The molecule has 0 aliphatic carbocycles. The molecule has 0 saturated heterocycles. The van der Waals surface area contributed by atoms with Crippen LogP contribution in [0.15, 0.2) is 63.9 Å². The maximum Gasteiger partial charge on any atom is 0.333 e. The lowest BCUT2D eigenvalue weighted by Crippen LogP contribution is -2.21. The fourth-order valence-electron chi connectivity index (χ4n) is 3.15. The van der Waals surface area contributed by atoms with E-state index in [0.29, 0.717) is 0 Å². The predicted molar refractivity (Wildman–Crippen MR) is 110 cm³/mol. The Hall–Kier alpha value is -2.82. The molecule has 2 heterocycles. The molecule has 0 unspecified atom stereocenters. The topological polar surface area (TPSA) is 51.3 Å². The molecule has 0 amide bonds. The lowest BCUT2D eigenvalue weighted by Gasteiger charge is -2.06. The molecule has 3 rings (SSSR count). The molecular formula is C21H26N4O. The first-order valence-electron chi connectivity index (χ1n) is 9.17. The summed E-state index contributed by atoms with van der Waals surface area (Å²) in [6.45, 7) is 5.81. The summed E-state index contributed by atoms with van der Waals surface area (Å²) in [6, 6.07) is 7.85. The first-order chi connectivity index (χ1) is 12.7. The zero-order valence-corrected chi connectivity index (χ0v) is 15.7. The largest absolute Gasteiger partial charge is 0.368 e. The highest BCUT2D eigenvalue weighted by Crippen LogP contribution is 2.18. The van der Waals surface area contributed by atoms with Crippen LogP contribution >= 0.6 is 0 Å². The van der Waals surface area contributed by atoms with Crippen molar-refractivity contribution in [3.05, 3.63) is 64.6 Å². The Bertz CT molecular complexity index is 970. The van der Waals surface area contributed by atoms with Crippen molar-refractivity contribution in [2.24, 2.45) is 12.0 Å². The number of hydrogen-bond acceptors (Lipinski definition) is 3. The quantitative estimate of drug-likeness (QED) is 0.811. The standard InChI is InChI=1S/C21H26N4O/c1-4-6-9-16(20-22-14-15-23-20)12-13-17(5-2)25-19-11-8-7-10-18(19)24(3)21(25)26/h5,7-13H,4,6,14-15H2,1-3H3,(H,22,23)/b13-12-,16-9-,17-5+. The predicted octanol–water partition coefficient (Wildman–Crippen LogP) is 3.49. The number of nitrogens with one attached hydrogen (secondary N) is 1. The Morgan fingerprint density at radius 3 is 2.69 bits per heavy atom. The Morgan fingerprint density at radius 1 is 1.27 bits per heavy atom. The monoisotopic (exact) mass is 350 g/mol. The SMILES string of the molecule is C\C=C(/C=C\C(=C\CCC)C1=NCCN1)n1c(=O)n(C)c2ccccc21. The van der Waals surface area contributed by atoms with Crippen molar-refractivity contribution in [3.8, 4) is 0 Å². The summed E-state index contributed by atoms with van der Waals surface area (Å²) in [5, 5.41) is 3.33. The van der Waals surface area contributed by atoms with Crippen LogP contribution in [0.2, 0.25) is 0 Å². The van der Waals surface area contributed by atoms with Crippen LogP contribution in [0.25, 0.3) is 16.7 Å². The normalized spacial score (nSPS) is 15.7. The summed E-state index contributed by atoms with van der Waals surface area (Å²) < 4.78 is 3.44. The van der Waals surface area contributed by atoms with Crippen LogP contribution in [-0.2, 0) is 7.05 Å². The molecule has 1 aromatic heterocycles. The summed E-state index contributed by atoms with van der Waals surface area (Å²) in [7, 11) is 1.81. The molecule has 136 valence electrons. The highest BCUT2D eigenvalue weighted by molar-refractivity contribution is 6.02. The minimum atomic E-state index is -0.0423. The molecule has 0 fully saturated rings. The number of aryl methyl sites for hydroxylation is 1. The molecule has 1 aromatic carbocycles. The van der Waals surface area contributed by atoms with E-state index in [0.717, 1.165) is 54.1 Å². The van der Waals surface area contributed by atoms with Gasteiger partial charge in [0, 0.05) is 24.9 Å². The van der Waals surface area contributed by atoms with Crippen molar-refractivity contribution in [2.75, 3.05) is 13.1 Å². The summed E-state index contributed by atoms with van der Waals surface area (Å²) >= 11 is 0. The molecular weight excluding hydrogens is 324 g/mol. The van der Waals surface area contributed by atoms with Gasteiger partial charge in [0.15, 0.2) is 0 Å². The number of allylic oxidation sites excluding steroid dienone is 4. The number of rotatable bonds is 6. The van der Waals surface area contributed by atoms with E-state index in [1.807, 2.05) is 50.4 Å². The molecule has 0 atom stereocenters. The van der Waals surface area contributed by atoms with Gasteiger partial charge in [0.1, 0.15) is 5.84 Å². The number of para-hydroxylation sites is 2. The van der Waals surface area contributed by atoms with Crippen LogP contribution in [-0.4, -0.2) is 28.1 Å². The molecule has 1 N–H and O–H groups in total. The average Bonchev–Trinajstić information content (AvgIpc) is 3.28. The van der Waals surface area contributed by atoms with E-state index >= 15 is 0 Å². The highest BCUT2D eigenvalue weighted by Gasteiger charge is 2.13. The highest BCUT2D eigenvalue weighted by atomic mass is 16.1. The third-order valence-corrected chi connectivity index (χ3v) is 4.55. The Kier molecular flexibility index (Phi) is 5.56. The lowest BCUT2D eigenvalue weighted by atomic mass is 10.1. The van der Waals surface area contributed by atoms with Crippen LogP contribution in [0.5, 0.6) is 0 Å². The lowest BCUT2D eigenvalue weighted by molar-refractivity contribution is 0.855. The van der Waals surface area contributed by atoms with E-state index in [1.54, 1.807) is 9.13 Å². The van der Waals surface area contributed by atoms with Gasteiger partial charge in [-0.1, -0.05) is 37.6 Å². The molecule has 0 bridgehead atoms. The third kappa shape index (κ3) is 3.43. The zero-order chi connectivity index (χ0) is 18.5. The van der Waals surface area contributed by atoms with E-state index < -0.39 is 0 Å². The van der Waals surface area contributed by atoms with E-state index in [4.69, 9.17) is 0 Å². The van der Waals surface area contributed by atoms with Crippen molar-refractivity contribution in [2.45, 2.75) is 26.7 Å². The van der Waals surface area contributed by atoms with Crippen LogP contribution in [0, 0.1) is 0 Å². The minimum absolute atomic E-state index is 0.0423. The first-order valence-corrected chi connectivity index (χ1v) is 9.17. The van der Waals surface area contributed by atoms with Gasteiger partial charge in [-0.05, 0) is 37.6 Å². The van der Waals surface area contributed by atoms with Gasteiger partial charge in [-0.2, -0.15) is 0 Å². The number of imidazole rings is 1. The Balaban J connectivity index is 2.01. The second-order valence-electron chi connectivity index (χ2n) is 6.32. The van der Waals surface area contributed by atoms with Crippen LogP contribution in [0.4, 0.5) is 0 Å².